The van der Waals surface area contributed by atoms with Gasteiger partial charge in [-0.15, -0.1) is 0 Å². The van der Waals surface area contributed by atoms with Crippen LogP contribution < -0.4 is 4.90 Å². The molecule has 0 aliphatic carbocycles. The molecule has 69 heavy (non-hydrogen) atoms. The van der Waals surface area contributed by atoms with E-state index in [2.05, 4.69) is 270 Å². The number of fused-ring (bicyclic) bond motifs is 6. The number of hydrogen-bond acceptors (Lipinski definition) is 2. The molecule has 0 unspecified atom stereocenters. The molecule has 0 aliphatic heterocycles. The van der Waals surface area contributed by atoms with Crippen molar-refractivity contribution >= 4 is 60.8 Å². The SMILES string of the molecule is c1ccc(-c2ccc(N(c3ccc(-c4ccc(-c5cccc(-n6c7ccccc7c7ccccc76)c5)cc4)cc3)c3cccc(-c4ccc5c(c4)oc4c(-c6ccccc6)cccc45)c3)cc2)cc1. The second-order valence-electron chi connectivity index (χ2n) is 17.7. The van der Waals surface area contributed by atoms with Crippen molar-refractivity contribution in [3.63, 3.8) is 0 Å². The largest absolute Gasteiger partial charge is 0.455 e. The lowest BCUT2D eigenvalue weighted by Gasteiger charge is -2.26. The molecule has 0 bridgehead atoms. The van der Waals surface area contributed by atoms with E-state index in [4.69, 9.17) is 4.42 Å². The molecule has 0 fully saturated rings. The summed E-state index contributed by atoms with van der Waals surface area (Å²) in [6.07, 6.45) is 0. The first-order valence-electron chi connectivity index (χ1n) is 23.6. The van der Waals surface area contributed by atoms with Crippen LogP contribution in [-0.2, 0) is 0 Å². The molecule has 324 valence electrons. The van der Waals surface area contributed by atoms with Gasteiger partial charge in [0.15, 0.2) is 0 Å². The van der Waals surface area contributed by atoms with Gasteiger partial charge < -0.3 is 13.9 Å². The molecule has 0 radical (unpaired) electrons. The number of anilines is 3. The summed E-state index contributed by atoms with van der Waals surface area (Å²) in [6, 6.07) is 95.9. The maximum atomic E-state index is 6.67. The Balaban J connectivity index is 0.830. The maximum absolute atomic E-state index is 6.67. The number of hydrogen-bond donors (Lipinski definition) is 0. The molecule has 0 spiro atoms. The standard InChI is InChI=1S/C66H44N2O/c1-3-14-45(15-4-1)47-32-37-54(38-33-47)67(56-20-12-19-52(43-56)53-36-41-61-62-25-13-24-58(50-16-5-2-6-17-50)66(62)69-65(61)44-53)55-39-34-48(35-40-55)46-28-30-49(31-29-46)51-18-11-21-57(42-51)68-63-26-9-7-22-59(63)60-23-8-10-27-64(60)68/h1-44H. The Morgan fingerprint density at radius 2 is 0.725 bits per heavy atom. The van der Waals surface area contributed by atoms with Crippen LogP contribution in [0, 0.1) is 0 Å². The van der Waals surface area contributed by atoms with Gasteiger partial charge in [0.1, 0.15) is 11.2 Å². The molecule has 13 rings (SSSR count). The van der Waals surface area contributed by atoms with Crippen molar-refractivity contribution in [1.29, 1.82) is 0 Å². The van der Waals surface area contributed by atoms with Gasteiger partial charge >= 0.3 is 0 Å². The highest BCUT2D eigenvalue weighted by molar-refractivity contribution is 6.11. The molecule has 3 heteroatoms. The van der Waals surface area contributed by atoms with Crippen LogP contribution in [0.3, 0.4) is 0 Å². The molecule has 2 aromatic heterocycles. The minimum absolute atomic E-state index is 0.876. The zero-order chi connectivity index (χ0) is 45.7. The fourth-order valence-corrected chi connectivity index (χ4v) is 10.2. The van der Waals surface area contributed by atoms with E-state index in [-0.39, 0.29) is 0 Å². The number of rotatable bonds is 9. The van der Waals surface area contributed by atoms with Crippen LogP contribution in [0.25, 0.3) is 105 Å². The molecular weight excluding hydrogens is 837 g/mol. The molecular formula is C66H44N2O. The lowest BCUT2D eigenvalue weighted by Crippen LogP contribution is -2.10. The van der Waals surface area contributed by atoms with E-state index in [1.165, 1.54) is 49.6 Å². The van der Waals surface area contributed by atoms with Crippen LogP contribution in [0.2, 0.25) is 0 Å². The van der Waals surface area contributed by atoms with Crippen molar-refractivity contribution in [2.24, 2.45) is 0 Å². The van der Waals surface area contributed by atoms with Crippen molar-refractivity contribution in [1.82, 2.24) is 4.57 Å². The molecule has 11 aromatic carbocycles. The first kappa shape index (κ1) is 40.1. The maximum Gasteiger partial charge on any atom is 0.143 e. The van der Waals surface area contributed by atoms with Crippen molar-refractivity contribution in [3.8, 4) is 61.3 Å². The quantitative estimate of drug-likeness (QED) is 0.144. The third kappa shape index (κ3) is 7.25. The zero-order valence-corrected chi connectivity index (χ0v) is 37.7. The zero-order valence-electron chi connectivity index (χ0n) is 37.7. The molecule has 0 saturated carbocycles. The summed E-state index contributed by atoms with van der Waals surface area (Å²) in [6.45, 7) is 0. The Hall–Kier alpha value is -9.18. The second-order valence-corrected chi connectivity index (χ2v) is 17.7. The van der Waals surface area contributed by atoms with E-state index < -0.39 is 0 Å². The van der Waals surface area contributed by atoms with E-state index in [0.717, 1.165) is 72.5 Å². The molecule has 3 nitrogen and oxygen atoms in total. The van der Waals surface area contributed by atoms with Crippen molar-refractivity contribution in [3.05, 3.63) is 267 Å². The van der Waals surface area contributed by atoms with Crippen LogP contribution in [0.5, 0.6) is 0 Å². The van der Waals surface area contributed by atoms with Crippen LogP contribution in [0.4, 0.5) is 17.1 Å². The Kier molecular flexibility index (Phi) is 9.84. The number of nitrogens with zero attached hydrogens (tertiary/aromatic N) is 2. The van der Waals surface area contributed by atoms with Gasteiger partial charge in [0.25, 0.3) is 0 Å². The summed E-state index contributed by atoms with van der Waals surface area (Å²) in [5.74, 6) is 0. The summed E-state index contributed by atoms with van der Waals surface area (Å²) in [7, 11) is 0. The first-order chi connectivity index (χ1) is 34.2. The Morgan fingerprint density at radius 3 is 1.36 bits per heavy atom. The van der Waals surface area contributed by atoms with Gasteiger partial charge in [-0.25, -0.2) is 0 Å². The lowest BCUT2D eigenvalue weighted by molar-refractivity contribution is 0.670. The fourth-order valence-electron chi connectivity index (χ4n) is 10.2. The molecule has 0 N–H and O–H groups in total. The molecule has 0 amide bonds. The minimum atomic E-state index is 0.876. The predicted octanol–water partition coefficient (Wildman–Crippen LogP) is 18.5. The molecule has 0 saturated heterocycles. The van der Waals surface area contributed by atoms with Crippen molar-refractivity contribution in [2.75, 3.05) is 4.90 Å². The Bertz CT molecular complexity index is 3930. The van der Waals surface area contributed by atoms with Gasteiger partial charge in [-0.1, -0.05) is 194 Å². The van der Waals surface area contributed by atoms with E-state index >= 15 is 0 Å². The highest BCUT2D eigenvalue weighted by Gasteiger charge is 2.18. The predicted molar refractivity (Wildman–Crippen MR) is 290 cm³/mol. The third-order valence-electron chi connectivity index (χ3n) is 13.6. The molecule has 2 heterocycles. The topological polar surface area (TPSA) is 21.3 Å². The van der Waals surface area contributed by atoms with E-state index in [0.29, 0.717) is 0 Å². The van der Waals surface area contributed by atoms with Gasteiger partial charge in [0, 0.05) is 49.9 Å². The monoisotopic (exact) mass is 880 g/mol. The van der Waals surface area contributed by atoms with Gasteiger partial charge in [0.05, 0.1) is 11.0 Å². The summed E-state index contributed by atoms with van der Waals surface area (Å²) in [4.78, 5) is 2.35. The summed E-state index contributed by atoms with van der Waals surface area (Å²) < 4.78 is 9.05. The average Bonchev–Trinajstić information content (AvgIpc) is 3.98. The minimum Gasteiger partial charge on any atom is -0.455 e. The van der Waals surface area contributed by atoms with Gasteiger partial charge in [-0.05, 0) is 123 Å². The van der Waals surface area contributed by atoms with Crippen LogP contribution in [0.15, 0.2) is 271 Å². The molecule has 0 atom stereocenters. The number of aromatic nitrogens is 1. The normalized spacial score (nSPS) is 11.5. The van der Waals surface area contributed by atoms with Gasteiger partial charge in [0.2, 0.25) is 0 Å². The number of furan rings is 1. The Morgan fingerprint density at radius 1 is 0.275 bits per heavy atom. The van der Waals surface area contributed by atoms with Crippen LogP contribution in [-0.4, -0.2) is 4.57 Å². The van der Waals surface area contributed by atoms with Crippen molar-refractivity contribution in [2.45, 2.75) is 0 Å². The number of para-hydroxylation sites is 3. The first-order valence-corrected chi connectivity index (χ1v) is 23.6. The highest BCUT2D eigenvalue weighted by atomic mass is 16.3. The van der Waals surface area contributed by atoms with Gasteiger partial charge in [-0.2, -0.15) is 0 Å². The van der Waals surface area contributed by atoms with E-state index in [9.17, 15) is 0 Å². The van der Waals surface area contributed by atoms with E-state index in [1.54, 1.807) is 0 Å². The van der Waals surface area contributed by atoms with Crippen LogP contribution >= 0.6 is 0 Å². The number of benzene rings is 11. The van der Waals surface area contributed by atoms with Crippen molar-refractivity contribution < 1.29 is 4.42 Å². The fraction of sp³-hybridized carbons (Fsp3) is 0. The van der Waals surface area contributed by atoms with Gasteiger partial charge in [-0.3, -0.25) is 0 Å². The highest BCUT2D eigenvalue weighted by Crippen LogP contribution is 2.41. The summed E-state index contributed by atoms with van der Waals surface area (Å²) in [5, 5.41) is 4.77. The lowest BCUT2D eigenvalue weighted by atomic mass is 9.99. The smallest absolute Gasteiger partial charge is 0.143 e. The third-order valence-corrected chi connectivity index (χ3v) is 13.6. The second kappa shape index (κ2) is 16.9. The average molecular weight is 881 g/mol. The summed E-state index contributed by atoms with van der Waals surface area (Å²) >= 11 is 0. The summed E-state index contributed by atoms with van der Waals surface area (Å²) in [5.41, 5.74) is 20.1. The molecule has 13 aromatic rings. The Labute approximate surface area is 401 Å². The van der Waals surface area contributed by atoms with Crippen LogP contribution in [0.1, 0.15) is 0 Å². The van der Waals surface area contributed by atoms with E-state index in [1.807, 2.05) is 6.07 Å². The molecule has 0 aliphatic rings.